The molecule has 0 aliphatic carbocycles. The Morgan fingerprint density at radius 1 is 0.742 bits per heavy atom. The molecule has 0 unspecified atom stereocenters. The van der Waals surface area contributed by atoms with Gasteiger partial charge in [-0.25, -0.2) is 13.1 Å². The van der Waals surface area contributed by atoms with E-state index < -0.39 is 21.8 Å². The van der Waals surface area contributed by atoms with Crippen LogP contribution in [0.2, 0.25) is 10.0 Å². The fraction of sp³-hybridized carbons (Fsp3) is 0.0476. The third-order valence-electron chi connectivity index (χ3n) is 4.19. The van der Waals surface area contributed by atoms with Crippen LogP contribution in [-0.2, 0) is 16.6 Å². The van der Waals surface area contributed by atoms with Crippen LogP contribution in [0.5, 0.6) is 0 Å². The number of nitrogens with one attached hydrogen (secondary N) is 3. The van der Waals surface area contributed by atoms with Crippen molar-refractivity contribution in [1.29, 1.82) is 0 Å². The summed E-state index contributed by atoms with van der Waals surface area (Å²) in [7, 11) is -3.84. The minimum atomic E-state index is -3.84. The molecule has 0 atom stereocenters. The Kier molecular flexibility index (Phi) is 7.29. The number of halogens is 2. The SMILES string of the molecule is O=C(NNC(=O)c1ccc(Cl)c(Cl)c1)c1cccc(S(=O)(=O)NCc2ccccc2)c1. The number of amides is 2. The lowest BCUT2D eigenvalue weighted by atomic mass is 10.2. The number of rotatable bonds is 6. The highest BCUT2D eigenvalue weighted by Crippen LogP contribution is 2.22. The van der Waals surface area contributed by atoms with Gasteiger partial charge < -0.3 is 0 Å². The fourth-order valence-electron chi connectivity index (χ4n) is 2.56. The highest BCUT2D eigenvalue weighted by atomic mass is 35.5. The van der Waals surface area contributed by atoms with Crippen molar-refractivity contribution in [3.8, 4) is 0 Å². The Bertz CT molecular complexity index is 1220. The minimum absolute atomic E-state index is 0.0528. The Morgan fingerprint density at radius 3 is 2.03 bits per heavy atom. The zero-order valence-corrected chi connectivity index (χ0v) is 18.3. The van der Waals surface area contributed by atoms with Gasteiger partial charge >= 0.3 is 0 Å². The molecule has 0 heterocycles. The Morgan fingerprint density at radius 2 is 1.39 bits per heavy atom. The van der Waals surface area contributed by atoms with Gasteiger partial charge in [0.05, 0.1) is 14.9 Å². The standard InChI is InChI=1S/C21H17Cl2N3O4S/c22-18-10-9-16(12-19(18)23)21(28)26-25-20(27)15-7-4-8-17(11-15)31(29,30)24-13-14-5-2-1-3-6-14/h1-12,24H,13H2,(H,25,27)(H,26,28). The summed E-state index contributed by atoms with van der Waals surface area (Å²) in [5, 5.41) is 0.489. The van der Waals surface area contributed by atoms with Crippen molar-refractivity contribution in [2.45, 2.75) is 11.4 Å². The molecular formula is C21H17Cl2N3O4S. The van der Waals surface area contributed by atoms with Crippen molar-refractivity contribution in [1.82, 2.24) is 15.6 Å². The topological polar surface area (TPSA) is 104 Å². The van der Waals surface area contributed by atoms with E-state index >= 15 is 0 Å². The molecule has 0 saturated heterocycles. The molecule has 31 heavy (non-hydrogen) atoms. The van der Waals surface area contributed by atoms with Crippen molar-refractivity contribution in [2.75, 3.05) is 0 Å². The summed E-state index contributed by atoms with van der Waals surface area (Å²) >= 11 is 11.7. The van der Waals surface area contributed by atoms with Crippen molar-refractivity contribution >= 4 is 45.0 Å². The van der Waals surface area contributed by atoms with Crippen molar-refractivity contribution in [3.63, 3.8) is 0 Å². The molecule has 7 nitrogen and oxygen atoms in total. The molecule has 0 radical (unpaired) electrons. The van der Waals surface area contributed by atoms with Crippen LogP contribution in [0.1, 0.15) is 26.3 Å². The summed E-state index contributed by atoms with van der Waals surface area (Å²) in [5.74, 6) is -1.30. The molecule has 2 amide bonds. The molecule has 0 bridgehead atoms. The fourth-order valence-corrected chi connectivity index (χ4v) is 3.92. The summed E-state index contributed by atoms with van der Waals surface area (Å²) < 4.78 is 27.6. The summed E-state index contributed by atoms with van der Waals surface area (Å²) in [6.07, 6.45) is 0. The first-order chi connectivity index (χ1) is 14.8. The lowest BCUT2D eigenvalue weighted by Crippen LogP contribution is -2.41. The second kappa shape index (κ2) is 9.93. The zero-order chi connectivity index (χ0) is 22.4. The normalized spacial score (nSPS) is 11.0. The van der Waals surface area contributed by atoms with E-state index in [0.29, 0.717) is 5.02 Å². The zero-order valence-electron chi connectivity index (χ0n) is 15.9. The quantitative estimate of drug-likeness (QED) is 0.472. The highest BCUT2D eigenvalue weighted by Gasteiger charge is 2.17. The van der Waals surface area contributed by atoms with Gasteiger partial charge in [0.25, 0.3) is 11.8 Å². The van der Waals surface area contributed by atoms with Gasteiger partial charge in [0, 0.05) is 17.7 Å². The molecule has 10 heteroatoms. The molecule has 3 aromatic carbocycles. The molecule has 3 rings (SSSR count). The number of sulfonamides is 1. The van der Waals surface area contributed by atoms with E-state index in [0.717, 1.165) is 5.56 Å². The smallest absolute Gasteiger partial charge is 0.267 e. The van der Waals surface area contributed by atoms with Crippen LogP contribution < -0.4 is 15.6 Å². The highest BCUT2D eigenvalue weighted by molar-refractivity contribution is 7.89. The van der Waals surface area contributed by atoms with Crippen molar-refractivity contribution in [2.24, 2.45) is 0 Å². The average Bonchev–Trinajstić information content (AvgIpc) is 2.78. The second-order valence-electron chi connectivity index (χ2n) is 6.38. The van der Waals surface area contributed by atoms with E-state index in [1.165, 1.54) is 42.5 Å². The molecule has 0 spiro atoms. The lowest BCUT2D eigenvalue weighted by Gasteiger charge is -2.10. The van der Waals surface area contributed by atoms with Gasteiger partial charge in [-0.05, 0) is 42.0 Å². The lowest BCUT2D eigenvalue weighted by molar-refractivity contribution is 0.0846. The van der Waals surface area contributed by atoms with Gasteiger partial charge in [0.2, 0.25) is 10.0 Å². The van der Waals surface area contributed by atoms with Gasteiger partial charge in [-0.3, -0.25) is 20.4 Å². The van der Waals surface area contributed by atoms with Gasteiger partial charge in [-0.2, -0.15) is 0 Å². The van der Waals surface area contributed by atoms with Crippen LogP contribution in [0, 0.1) is 0 Å². The van der Waals surface area contributed by atoms with Gasteiger partial charge in [0.1, 0.15) is 0 Å². The van der Waals surface area contributed by atoms with Crippen LogP contribution in [-0.4, -0.2) is 20.2 Å². The predicted octanol–water partition coefficient (Wildman–Crippen LogP) is 3.55. The maximum atomic E-state index is 12.6. The van der Waals surface area contributed by atoms with E-state index in [9.17, 15) is 18.0 Å². The molecule has 0 fully saturated rings. The number of carbonyl (C=O) groups excluding carboxylic acids is 2. The van der Waals surface area contributed by atoms with Gasteiger partial charge in [-0.1, -0.05) is 59.6 Å². The number of hydrogen-bond donors (Lipinski definition) is 3. The van der Waals surface area contributed by atoms with Gasteiger partial charge in [0.15, 0.2) is 0 Å². The largest absolute Gasteiger partial charge is 0.269 e. The molecule has 0 aromatic heterocycles. The summed E-state index contributed by atoms with van der Waals surface area (Å²) in [5.41, 5.74) is 5.52. The number of hydrogen-bond acceptors (Lipinski definition) is 4. The maximum absolute atomic E-state index is 12.6. The summed E-state index contributed by atoms with van der Waals surface area (Å²) in [4.78, 5) is 24.5. The molecule has 3 aromatic rings. The van der Waals surface area contributed by atoms with Crippen LogP contribution in [0.3, 0.4) is 0 Å². The first kappa shape index (κ1) is 22.8. The van der Waals surface area contributed by atoms with E-state index in [4.69, 9.17) is 23.2 Å². The molecule has 0 aliphatic heterocycles. The van der Waals surface area contributed by atoms with Crippen LogP contribution >= 0.6 is 23.2 Å². The molecule has 0 aliphatic rings. The average molecular weight is 478 g/mol. The second-order valence-corrected chi connectivity index (χ2v) is 8.96. The molecule has 0 saturated carbocycles. The Labute approximate surface area is 189 Å². The van der Waals surface area contributed by atoms with E-state index in [2.05, 4.69) is 15.6 Å². The minimum Gasteiger partial charge on any atom is -0.267 e. The first-order valence-electron chi connectivity index (χ1n) is 8.95. The van der Waals surface area contributed by atoms with Crippen molar-refractivity contribution in [3.05, 3.63) is 99.5 Å². The number of benzene rings is 3. The third kappa shape index (κ3) is 6.05. The molecule has 160 valence electrons. The predicted molar refractivity (Wildman–Crippen MR) is 118 cm³/mol. The monoisotopic (exact) mass is 477 g/mol. The van der Waals surface area contributed by atoms with E-state index in [1.54, 1.807) is 24.3 Å². The van der Waals surface area contributed by atoms with Crippen LogP contribution in [0.25, 0.3) is 0 Å². The van der Waals surface area contributed by atoms with Crippen LogP contribution in [0.15, 0.2) is 77.7 Å². The van der Waals surface area contributed by atoms with E-state index in [1.807, 2.05) is 6.07 Å². The molecule has 3 N–H and O–H groups in total. The third-order valence-corrected chi connectivity index (χ3v) is 6.32. The Balaban J connectivity index is 1.65. The van der Waals surface area contributed by atoms with Crippen LogP contribution in [0.4, 0.5) is 0 Å². The number of hydrazine groups is 1. The molecular weight excluding hydrogens is 461 g/mol. The summed E-state index contributed by atoms with van der Waals surface area (Å²) in [6, 6.07) is 18.7. The van der Waals surface area contributed by atoms with Crippen molar-refractivity contribution < 1.29 is 18.0 Å². The first-order valence-corrected chi connectivity index (χ1v) is 11.2. The van der Waals surface area contributed by atoms with Gasteiger partial charge in [-0.15, -0.1) is 0 Å². The number of carbonyl (C=O) groups is 2. The summed E-state index contributed by atoms with van der Waals surface area (Å²) in [6.45, 7) is 0.110. The van der Waals surface area contributed by atoms with E-state index in [-0.39, 0.29) is 27.6 Å². The maximum Gasteiger partial charge on any atom is 0.269 e. The Hall–Kier alpha value is -2.91.